The summed E-state index contributed by atoms with van der Waals surface area (Å²) < 4.78 is 15.5. The van der Waals surface area contributed by atoms with E-state index in [1.807, 2.05) is 0 Å². The summed E-state index contributed by atoms with van der Waals surface area (Å²) in [6.45, 7) is 2.78. The number of nitrogens with one attached hydrogen (secondary N) is 1. The second-order valence-electron chi connectivity index (χ2n) is 4.73. The fourth-order valence-electron chi connectivity index (χ4n) is 1.93. The molecule has 0 fully saturated rings. The first-order valence-corrected chi connectivity index (χ1v) is 7.22. The topological polar surface area (TPSA) is 112 Å². The third-order valence-corrected chi connectivity index (χ3v) is 3.01. The van der Waals surface area contributed by atoms with Gasteiger partial charge in [0.25, 0.3) is 5.91 Å². The quantitative estimate of drug-likeness (QED) is 0.736. The number of ether oxygens (including phenoxy) is 2. The van der Waals surface area contributed by atoms with Gasteiger partial charge in [0.1, 0.15) is 18.1 Å². The third kappa shape index (κ3) is 4.68. The predicted octanol–water partition coefficient (Wildman–Crippen LogP) is 0.697. The molecule has 0 unspecified atom stereocenters. The molecule has 1 heterocycles. The highest BCUT2D eigenvalue weighted by molar-refractivity contribution is 5.97. The highest BCUT2D eigenvalue weighted by atomic mass is 16.5. The molecule has 124 valence electrons. The van der Waals surface area contributed by atoms with Crippen LogP contribution in [0, 0.1) is 6.92 Å². The van der Waals surface area contributed by atoms with Gasteiger partial charge in [0.05, 0.1) is 12.7 Å². The average molecular weight is 320 g/mol. The van der Waals surface area contributed by atoms with Gasteiger partial charge in [-0.15, -0.1) is 0 Å². The second kappa shape index (κ2) is 8.14. The maximum absolute atomic E-state index is 12.3. The van der Waals surface area contributed by atoms with Crippen LogP contribution in [-0.4, -0.2) is 42.9 Å². The Bertz CT molecular complexity index is 657. The number of carbonyl (C=O) groups excluding carboxylic acids is 1. The molecule has 0 aliphatic heterocycles. The molecule has 0 saturated carbocycles. The summed E-state index contributed by atoms with van der Waals surface area (Å²) in [5, 5.41) is 6.57. The SMILES string of the molecule is COc1ccc(C(=O)NCCc2noc(C)n2)c(OCCN)c1. The van der Waals surface area contributed by atoms with Crippen molar-refractivity contribution in [1.82, 2.24) is 15.5 Å². The van der Waals surface area contributed by atoms with Crippen molar-refractivity contribution >= 4 is 5.91 Å². The molecule has 2 rings (SSSR count). The van der Waals surface area contributed by atoms with Crippen LogP contribution in [0.15, 0.2) is 22.7 Å². The Kier molecular flexibility index (Phi) is 5.93. The van der Waals surface area contributed by atoms with Crippen LogP contribution in [0.2, 0.25) is 0 Å². The van der Waals surface area contributed by atoms with Crippen molar-refractivity contribution in [3.05, 3.63) is 35.5 Å². The number of amides is 1. The fourth-order valence-corrected chi connectivity index (χ4v) is 1.93. The number of rotatable bonds is 8. The molecule has 1 aromatic heterocycles. The smallest absolute Gasteiger partial charge is 0.255 e. The van der Waals surface area contributed by atoms with Crippen molar-refractivity contribution in [2.45, 2.75) is 13.3 Å². The maximum Gasteiger partial charge on any atom is 0.255 e. The molecule has 1 aromatic carbocycles. The molecule has 2 aromatic rings. The molecule has 0 bridgehead atoms. The van der Waals surface area contributed by atoms with Crippen LogP contribution in [0.4, 0.5) is 0 Å². The summed E-state index contributed by atoms with van der Waals surface area (Å²) >= 11 is 0. The van der Waals surface area contributed by atoms with E-state index in [9.17, 15) is 4.79 Å². The summed E-state index contributed by atoms with van der Waals surface area (Å²) in [4.78, 5) is 16.4. The maximum atomic E-state index is 12.3. The van der Waals surface area contributed by atoms with Crippen LogP contribution in [0.1, 0.15) is 22.1 Å². The zero-order chi connectivity index (χ0) is 16.7. The van der Waals surface area contributed by atoms with Crippen LogP contribution < -0.4 is 20.5 Å². The van der Waals surface area contributed by atoms with E-state index in [0.717, 1.165) is 0 Å². The number of benzene rings is 1. The Morgan fingerprint density at radius 1 is 1.43 bits per heavy atom. The Morgan fingerprint density at radius 2 is 2.26 bits per heavy atom. The van der Waals surface area contributed by atoms with Gasteiger partial charge in [-0.05, 0) is 12.1 Å². The summed E-state index contributed by atoms with van der Waals surface area (Å²) in [5.74, 6) is 1.84. The van der Waals surface area contributed by atoms with Gasteiger partial charge >= 0.3 is 0 Å². The van der Waals surface area contributed by atoms with Crippen molar-refractivity contribution in [3.8, 4) is 11.5 Å². The number of nitrogens with two attached hydrogens (primary N) is 1. The first-order chi connectivity index (χ1) is 11.1. The Balaban J connectivity index is 1.99. The molecule has 0 saturated heterocycles. The molecule has 0 aliphatic rings. The molecule has 0 atom stereocenters. The number of methoxy groups -OCH3 is 1. The van der Waals surface area contributed by atoms with E-state index >= 15 is 0 Å². The molecule has 3 N–H and O–H groups in total. The van der Waals surface area contributed by atoms with Crippen molar-refractivity contribution in [1.29, 1.82) is 0 Å². The molecule has 0 aliphatic carbocycles. The molecule has 8 nitrogen and oxygen atoms in total. The molecule has 0 radical (unpaired) electrons. The summed E-state index contributed by atoms with van der Waals surface area (Å²) in [6.07, 6.45) is 0.484. The summed E-state index contributed by atoms with van der Waals surface area (Å²) in [7, 11) is 1.55. The first kappa shape index (κ1) is 16.8. The molecule has 1 amide bonds. The lowest BCUT2D eigenvalue weighted by Crippen LogP contribution is -2.26. The van der Waals surface area contributed by atoms with E-state index in [1.165, 1.54) is 0 Å². The lowest BCUT2D eigenvalue weighted by Gasteiger charge is -2.12. The van der Waals surface area contributed by atoms with Crippen LogP contribution in [-0.2, 0) is 6.42 Å². The van der Waals surface area contributed by atoms with Gasteiger partial charge in [-0.3, -0.25) is 4.79 Å². The van der Waals surface area contributed by atoms with E-state index in [4.69, 9.17) is 19.7 Å². The Labute approximate surface area is 134 Å². The molecule has 8 heteroatoms. The summed E-state index contributed by atoms with van der Waals surface area (Å²) in [6, 6.07) is 5.01. The fraction of sp³-hybridized carbons (Fsp3) is 0.400. The zero-order valence-corrected chi connectivity index (χ0v) is 13.2. The molecule has 23 heavy (non-hydrogen) atoms. The number of hydrogen-bond donors (Lipinski definition) is 2. The monoisotopic (exact) mass is 320 g/mol. The van der Waals surface area contributed by atoms with Gasteiger partial charge < -0.3 is 25.0 Å². The number of hydrogen-bond acceptors (Lipinski definition) is 7. The van der Waals surface area contributed by atoms with Gasteiger partial charge in [0.2, 0.25) is 5.89 Å². The minimum absolute atomic E-state index is 0.250. The van der Waals surface area contributed by atoms with E-state index in [1.54, 1.807) is 32.2 Å². The third-order valence-electron chi connectivity index (χ3n) is 3.01. The second-order valence-corrected chi connectivity index (χ2v) is 4.73. The average Bonchev–Trinajstić information content (AvgIpc) is 2.97. The van der Waals surface area contributed by atoms with Gasteiger partial charge in [0, 0.05) is 32.5 Å². The highest BCUT2D eigenvalue weighted by Gasteiger charge is 2.14. The molecular weight excluding hydrogens is 300 g/mol. The Hall–Kier alpha value is -2.61. The predicted molar refractivity (Wildman–Crippen MR) is 82.6 cm³/mol. The standard InChI is InChI=1S/C15H20N4O4/c1-10-18-14(19-23-10)5-7-17-15(20)12-4-3-11(21-2)9-13(12)22-8-6-16/h3-4,9H,5-8,16H2,1-2H3,(H,17,20). The lowest BCUT2D eigenvalue weighted by molar-refractivity contribution is 0.0950. The van der Waals surface area contributed by atoms with Gasteiger partial charge in [-0.25, -0.2) is 0 Å². The molecular formula is C15H20N4O4. The number of carbonyl (C=O) groups is 1. The van der Waals surface area contributed by atoms with Crippen molar-refractivity contribution in [3.63, 3.8) is 0 Å². The Morgan fingerprint density at radius 3 is 2.91 bits per heavy atom. The highest BCUT2D eigenvalue weighted by Crippen LogP contribution is 2.24. The normalized spacial score (nSPS) is 10.4. The largest absolute Gasteiger partial charge is 0.497 e. The van der Waals surface area contributed by atoms with Gasteiger partial charge in [-0.1, -0.05) is 5.16 Å². The van der Waals surface area contributed by atoms with Gasteiger partial charge in [0.15, 0.2) is 5.82 Å². The van der Waals surface area contributed by atoms with Gasteiger partial charge in [-0.2, -0.15) is 4.98 Å². The van der Waals surface area contributed by atoms with Crippen LogP contribution in [0.25, 0.3) is 0 Å². The van der Waals surface area contributed by atoms with E-state index in [2.05, 4.69) is 15.5 Å². The van der Waals surface area contributed by atoms with Crippen LogP contribution >= 0.6 is 0 Å². The minimum atomic E-state index is -0.250. The van der Waals surface area contributed by atoms with E-state index in [-0.39, 0.29) is 5.91 Å². The van der Waals surface area contributed by atoms with E-state index < -0.39 is 0 Å². The zero-order valence-electron chi connectivity index (χ0n) is 13.2. The summed E-state index contributed by atoms with van der Waals surface area (Å²) in [5.41, 5.74) is 5.86. The number of nitrogens with zero attached hydrogens (tertiary/aromatic N) is 2. The number of aryl methyl sites for hydroxylation is 1. The lowest BCUT2D eigenvalue weighted by atomic mass is 10.1. The van der Waals surface area contributed by atoms with Crippen LogP contribution in [0.5, 0.6) is 11.5 Å². The number of aromatic nitrogens is 2. The first-order valence-electron chi connectivity index (χ1n) is 7.22. The van der Waals surface area contributed by atoms with Crippen molar-refractivity contribution in [2.75, 3.05) is 26.8 Å². The minimum Gasteiger partial charge on any atom is -0.497 e. The molecule has 0 spiro atoms. The van der Waals surface area contributed by atoms with Crippen molar-refractivity contribution in [2.24, 2.45) is 5.73 Å². The van der Waals surface area contributed by atoms with Crippen molar-refractivity contribution < 1.29 is 18.8 Å². The van der Waals surface area contributed by atoms with E-state index in [0.29, 0.717) is 54.9 Å². The van der Waals surface area contributed by atoms with Crippen LogP contribution in [0.3, 0.4) is 0 Å².